The van der Waals surface area contributed by atoms with E-state index >= 15 is 0 Å². The number of nitrogens with one attached hydrogen (secondary N) is 1. The van der Waals surface area contributed by atoms with Gasteiger partial charge in [0.15, 0.2) is 5.82 Å². The highest BCUT2D eigenvalue weighted by molar-refractivity contribution is 6.31. The van der Waals surface area contributed by atoms with Crippen molar-refractivity contribution in [2.45, 2.75) is 25.3 Å². The normalized spacial score (nSPS) is 13.9. The van der Waals surface area contributed by atoms with E-state index in [-0.39, 0.29) is 16.6 Å². The predicted octanol–water partition coefficient (Wildman–Crippen LogP) is 6.55. The van der Waals surface area contributed by atoms with Crippen LogP contribution < -0.4 is 11.1 Å². The number of amides is 1. The first-order chi connectivity index (χ1) is 17.4. The Hall–Kier alpha value is -3.91. The number of methoxy groups -OCH3 is 1. The molecular formula is C27H25ClFN5O2. The van der Waals surface area contributed by atoms with Crippen LogP contribution in [0.1, 0.15) is 31.0 Å². The molecule has 2 aromatic carbocycles. The first-order valence-corrected chi connectivity index (χ1v) is 12.0. The Morgan fingerprint density at radius 1 is 1.17 bits per heavy atom. The number of hydrogen-bond acceptors (Lipinski definition) is 5. The van der Waals surface area contributed by atoms with Crippen molar-refractivity contribution in [3.63, 3.8) is 0 Å². The number of carbonyl (C=O) groups is 1. The average molecular weight is 506 g/mol. The number of hydrogen-bond donors (Lipinski definition) is 2. The quantitative estimate of drug-likeness (QED) is 0.277. The van der Waals surface area contributed by atoms with Crippen LogP contribution in [-0.4, -0.2) is 27.7 Å². The Bertz CT molecular complexity index is 1380. The fraction of sp³-hybridized carbons (Fsp3) is 0.222. The third-order valence-electron chi connectivity index (χ3n) is 6.37. The summed E-state index contributed by atoms with van der Waals surface area (Å²) in [4.78, 5) is 20.7. The molecule has 1 saturated carbocycles. The van der Waals surface area contributed by atoms with Crippen molar-refractivity contribution in [2.75, 3.05) is 18.2 Å². The standard InChI is InChI=1S/C27H25ClFN5O2/c1-36-27(35)33-19-7-4-17(5-8-19)23-14-34(15-32-23)24(12-16-2-3-16)22-11-6-18(13-31-22)25-21(30)10-9-20(28)26(25)29/h4-11,13-16,24H,2-3,12,30H2,1H3,(H,33,35). The minimum absolute atomic E-state index is 0.00498. The second-order valence-electron chi connectivity index (χ2n) is 8.89. The third kappa shape index (κ3) is 5.04. The number of benzene rings is 2. The van der Waals surface area contributed by atoms with E-state index in [1.165, 1.54) is 26.0 Å². The summed E-state index contributed by atoms with van der Waals surface area (Å²) in [7, 11) is 1.32. The van der Waals surface area contributed by atoms with E-state index in [4.69, 9.17) is 17.3 Å². The topological polar surface area (TPSA) is 95.1 Å². The van der Waals surface area contributed by atoms with Crippen LogP contribution in [0.5, 0.6) is 0 Å². The Balaban J connectivity index is 1.40. The number of halogens is 2. The molecule has 1 aliphatic rings. The molecule has 4 aromatic rings. The molecule has 2 heterocycles. The van der Waals surface area contributed by atoms with Gasteiger partial charge >= 0.3 is 6.09 Å². The third-order valence-corrected chi connectivity index (χ3v) is 6.66. The van der Waals surface area contributed by atoms with E-state index in [1.54, 1.807) is 24.4 Å². The zero-order valence-electron chi connectivity index (χ0n) is 19.6. The minimum Gasteiger partial charge on any atom is -0.453 e. The molecule has 0 aliphatic heterocycles. The van der Waals surface area contributed by atoms with E-state index in [9.17, 15) is 9.18 Å². The Morgan fingerprint density at radius 2 is 1.92 bits per heavy atom. The summed E-state index contributed by atoms with van der Waals surface area (Å²) >= 11 is 5.97. The molecule has 1 amide bonds. The van der Waals surface area contributed by atoms with Crippen molar-refractivity contribution in [3.05, 3.63) is 83.8 Å². The number of ether oxygens (including phenoxy) is 1. The molecule has 1 atom stereocenters. The molecule has 7 nitrogen and oxygen atoms in total. The number of anilines is 2. The predicted molar refractivity (Wildman–Crippen MR) is 138 cm³/mol. The van der Waals surface area contributed by atoms with E-state index in [1.807, 2.05) is 36.8 Å². The second-order valence-corrected chi connectivity index (χ2v) is 9.30. The van der Waals surface area contributed by atoms with Crippen LogP contribution in [-0.2, 0) is 4.74 Å². The smallest absolute Gasteiger partial charge is 0.411 e. The van der Waals surface area contributed by atoms with Crippen molar-refractivity contribution in [3.8, 4) is 22.4 Å². The fourth-order valence-electron chi connectivity index (χ4n) is 4.22. The van der Waals surface area contributed by atoms with E-state index in [0.29, 0.717) is 22.9 Å². The summed E-state index contributed by atoms with van der Waals surface area (Å²) in [5.74, 6) is 0.0971. The first-order valence-electron chi connectivity index (χ1n) is 11.6. The molecule has 5 rings (SSSR count). The summed E-state index contributed by atoms with van der Waals surface area (Å²) in [5, 5.41) is 2.66. The summed E-state index contributed by atoms with van der Waals surface area (Å²) in [6.45, 7) is 0. The maximum absolute atomic E-state index is 14.6. The van der Waals surface area contributed by atoms with Gasteiger partial charge in [-0.1, -0.05) is 42.6 Å². The zero-order valence-corrected chi connectivity index (χ0v) is 20.4. The van der Waals surface area contributed by atoms with Gasteiger partial charge in [0.1, 0.15) is 0 Å². The van der Waals surface area contributed by atoms with Gasteiger partial charge in [-0.25, -0.2) is 14.2 Å². The van der Waals surface area contributed by atoms with Gasteiger partial charge in [0.2, 0.25) is 0 Å². The fourth-order valence-corrected chi connectivity index (χ4v) is 4.38. The van der Waals surface area contributed by atoms with Gasteiger partial charge in [0.25, 0.3) is 0 Å². The van der Waals surface area contributed by atoms with Gasteiger partial charge in [-0.3, -0.25) is 10.3 Å². The van der Waals surface area contributed by atoms with Crippen molar-refractivity contribution in [2.24, 2.45) is 5.92 Å². The van der Waals surface area contributed by atoms with Crippen molar-refractivity contribution < 1.29 is 13.9 Å². The molecule has 2 aromatic heterocycles. The Kier molecular flexibility index (Phi) is 6.61. The molecule has 0 bridgehead atoms. The number of pyridine rings is 1. The van der Waals surface area contributed by atoms with Crippen molar-refractivity contribution in [1.29, 1.82) is 0 Å². The maximum atomic E-state index is 14.6. The Morgan fingerprint density at radius 3 is 2.58 bits per heavy atom. The lowest BCUT2D eigenvalue weighted by atomic mass is 10.0. The van der Waals surface area contributed by atoms with Gasteiger partial charge in [0, 0.05) is 40.5 Å². The largest absolute Gasteiger partial charge is 0.453 e. The van der Waals surface area contributed by atoms with Gasteiger partial charge in [0.05, 0.1) is 35.9 Å². The highest BCUT2D eigenvalue weighted by Crippen LogP contribution is 2.40. The minimum atomic E-state index is -0.548. The second kappa shape index (κ2) is 9.99. The number of aromatic nitrogens is 3. The van der Waals surface area contributed by atoms with E-state index in [2.05, 4.69) is 24.6 Å². The molecule has 36 heavy (non-hydrogen) atoms. The molecule has 3 N–H and O–H groups in total. The molecule has 184 valence electrons. The van der Waals surface area contributed by atoms with Crippen LogP contribution in [0, 0.1) is 11.7 Å². The number of imidazole rings is 1. The molecule has 1 unspecified atom stereocenters. The number of carbonyl (C=O) groups excluding carboxylic acids is 1. The monoisotopic (exact) mass is 505 g/mol. The van der Waals surface area contributed by atoms with Gasteiger partial charge < -0.3 is 15.0 Å². The molecule has 9 heteroatoms. The average Bonchev–Trinajstić information content (AvgIpc) is 3.59. The SMILES string of the molecule is COC(=O)Nc1ccc(-c2cn(C(CC3CC3)c3ccc(-c4c(N)ccc(Cl)c4F)cn3)cn2)cc1. The number of nitrogens with two attached hydrogens (primary N) is 1. The number of nitrogen functional groups attached to an aromatic ring is 1. The summed E-state index contributed by atoms with van der Waals surface area (Å²) in [6, 6.07) is 14.2. The summed E-state index contributed by atoms with van der Waals surface area (Å²) in [6.07, 6.45) is 8.29. The number of rotatable bonds is 7. The molecule has 0 radical (unpaired) electrons. The molecule has 1 aliphatic carbocycles. The molecule has 1 fully saturated rings. The number of nitrogens with zero attached hydrogens (tertiary/aromatic N) is 3. The lowest BCUT2D eigenvalue weighted by molar-refractivity contribution is 0.187. The van der Waals surface area contributed by atoms with Crippen molar-refractivity contribution in [1.82, 2.24) is 14.5 Å². The molecule has 0 saturated heterocycles. The Labute approximate surface area is 213 Å². The highest BCUT2D eigenvalue weighted by atomic mass is 35.5. The van der Waals surface area contributed by atoms with Gasteiger partial charge in [-0.15, -0.1) is 0 Å². The van der Waals surface area contributed by atoms with Crippen LogP contribution in [0.25, 0.3) is 22.4 Å². The van der Waals surface area contributed by atoms with Crippen LogP contribution in [0.2, 0.25) is 5.02 Å². The first kappa shape index (κ1) is 23.8. The van der Waals surface area contributed by atoms with Crippen LogP contribution >= 0.6 is 11.6 Å². The van der Waals surface area contributed by atoms with Crippen molar-refractivity contribution >= 4 is 29.1 Å². The lowest BCUT2D eigenvalue weighted by Crippen LogP contribution is -2.11. The molecule has 0 spiro atoms. The maximum Gasteiger partial charge on any atom is 0.411 e. The van der Waals surface area contributed by atoms with E-state index in [0.717, 1.165) is 23.4 Å². The van der Waals surface area contributed by atoms with Gasteiger partial charge in [-0.05, 0) is 42.7 Å². The summed E-state index contributed by atoms with van der Waals surface area (Å²) < 4.78 is 21.3. The van der Waals surface area contributed by atoms with Crippen LogP contribution in [0.3, 0.4) is 0 Å². The van der Waals surface area contributed by atoms with E-state index < -0.39 is 11.9 Å². The highest BCUT2D eigenvalue weighted by Gasteiger charge is 2.28. The lowest BCUT2D eigenvalue weighted by Gasteiger charge is -2.18. The zero-order chi connectivity index (χ0) is 25.2. The van der Waals surface area contributed by atoms with Gasteiger partial charge in [-0.2, -0.15) is 0 Å². The van der Waals surface area contributed by atoms with Crippen LogP contribution in [0.4, 0.5) is 20.6 Å². The molecular weight excluding hydrogens is 481 g/mol. The summed E-state index contributed by atoms with van der Waals surface area (Å²) in [5.41, 5.74) is 10.4. The van der Waals surface area contributed by atoms with Crippen LogP contribution in [0.15, 0.2) is 67.3 Å².